The molecule has 6 nitrogen and oxygen atoms in total. The first kappa shape index (κ1) is 15.4. The van der Waals surface area contributed by atoms with Gasteiger partial charge in [0.05, 0.1) is 5.52 Å². The molecule has 0 fully saturated rings. The first-order chi connectivity index (χ1) is 9.83. The van der Waals surface area contributed by atoms with Crippen LogP contribution in [-0.4, -0.2) is 34.2 Å². The molecule has 2 N–H and O–H groups in total. The van der Waals surface area contributed by atoms with Crippen LogP contribution in [0.25, 0.3) is 10.9 Å². The van der Waals surface area contributed by atoms with Crippen LogP contribution in [0.15, 0.2) is 17.1 Å². The Hall–Kier alpha value is -2.03. The highest BCUT2D eigenvalue weighted by molar-refractivity contribution is 5.88. The number of methoxy groups -OCH3 is 1. The number of aryl methyl sites for hydroxylation is 1. The van der Waals surface area contributed by atoms with Gasteiger partial charge < -0.3 is 15.0 Å². The van der Waals surface area contributed by atoms with Crippen LogP contribution in [-0.2, 0) is 17.8 Å². The third-order valence-corrected chi connectivity index (χ3v) is 2.97. The molecule has 0 aromatic carbocycles. The lowest BCUT2D eigenvalue weighted by molar-refractivity contribution is -0.141. The number of aromatic nitrogens is 3. The van der Waals surface area contributed by atoms with E-state index in [0.29, 0.717) is 29.7 Å². The Morgan fingerprint density at radius 3 is 2.76 bits per heavy atom. The largest absolute Gasteiger partial charge is 0.406 e. The maximum atomic E-state index is 12.4. The third-order valence-electron chi connectivity index (χ3n) is 2.97. The van der Waals surface area contributed by atoms with Crippen molar-refractivity contribution in [2.45, 2.75) is 25.7 Å². The van der Waals surface area contributed by atoms with E-state index >= 15 is 0 Å². The lowest BCUT2D eigenvalue weighted by Crippen LogP contribution is -2.27. The molecule has 21 heavy (non-hydrogen) atoms. The summed E-state index contributed by atoms with van der Waals surface area (Å²) in [5, 5.41) is 4.02. The zero-order chi connectivity index (χ0) is 15.6. The Morgan fingerprint density at radius 1 is 1.43 bits per heavy atom. The second-order valence-electron chi connectivity index (χ2n) is 4.58. The lowest BCUT2D eigenvalue weighted by Gasteiger charge is -2.09. The molecule has 0 aliphatic carbocycles. The summed E-state index contributed by atoms with van der Waals surface area (Å²) in [4.78, 5) is 12.1. The van der Waals surface area contributed by atoms with Crippen LogP contribution in [0.5, 0.6) is 0 Å². The number of hydrogen-bond donors (Lipinski definition) is 1. The molecular formula is C12H15F3N4O2. The van der Waals surface area contributed by atoms with Crippen molar-refractivity contribution in [3.05, 3.63) is 22.6 Å². The summed E-state index contributed by atoms with van der Waals surface area (Å²) in [6, 6.07) is 1.42. The van der Waals surface area contributed by atoms with Gasteiger partial charge in [-0.2, -0.15) is 18.3 Å². The SMILES string of the molecule is COCCCn1nc(N)c2c(=O)n(CC(F)(F)F)ccc21. The molecule has 0 amide bonds. The van der Waals surface area contributed by atoms with E-state index in [2.05, 4.69) is 5.10 Å². The minimum Gasteiger partial charge on any atom is -0.385 e. The van der Waals surface area contributed by atoms with Gasteiger partial charge in [-0.05, 0) is 12.5 Å². The number of rotatable bonds is 5. The fourth-order valence-corrected chi connectivity index (χ4v) is 2.10. The van der Waals surface area contributed by atoms with Crippen molar-refractivity contribution in [1.29, 1.82) is 0 Å². The number of halogens is 3. The molecule has 0 bridgehead atoms. The lowest BCUT2D eigenvalue weighted by atomic mass is 10.3. The van der Waals surface area contributed by atoms with E-state index in [4.69, 9.17) is 10.5 Å². The van der Waals surface area contributed by atoms with E-state index in [1.54, 1.807) is 7.11 Å². The molecule has 116 valence electrons. The fraction of sp³-hybridized carbons (Fsp3) is 0.500. The number of anilines is 1. The molecule has 2 heterocycles. The van der Waals surface area contributed by atoms with Crippen molar-refractivity contribution >= 4 is 16.7 Å². The van der Waals surface area contributed by atoms with E-state index in [0.717, 1.165) is 6.20 Å². The number of hydrogen-bond acceptors (Lipinski definition) is 4. The van der Waals surface area contributed by atoms with Crippen LogP contribution in [0.1, 0.15) is 6.42 Å². The maximum Gasteiger partial charge on any atom is 0.406 e. The minimum absolute atomic E-state index is 0.0131. The quantitative estimate of drug-likeness (QED) is 0.847. The molecule has 0 radical (unpaired) electrons. The number of nitrogens with zero attached hydrogens (tertiary/aromatic N) is 3. The summed E-state index contributed by atoms with van der Waals surface area (Å²) in [5.74, 6) is -0.0658. The summed E-state index contributed by atoms with van der Waals surface area (Å²) in [5.41, 5.74) is 5.29. The number of ether oxygens (including phenoxy) is 1. The summed E-state index contributed by atoms with van der Waals surface area (Å²) in [6.45, 7) is -0.382. The van der Waals surface area contributed by atoms with Gasteiger partial charge in [-0.3, -0.25) is 9.48 Å². The highest BCUT2D eigenvalue weighted by Crippen LogP contribution is 2.20. The van der Waals surface area contributed by atoms with E-state index in [1.165, 1.54) is 10.7 Å². The van der Waals surface area contributed by atoms with Gasteiger partial charge in [-0.1, -0.05) is 0 Å². The molecule has 2 aromatic heterocycles. The van der Waals surface area contributed by atoms with Crippen molar-refractivity contribution in [3.63, 3.8) is 0 Å². The van der Waals surface area contributed by atoms with Crippen molar-refractivity contribution < 1.29 is 17.9 Å². The summed E-state index contributed by atoms with van der Waals surface area (Å²) in [6.07, 6.45) is -2.72. The van der Waals surface area contributed by atoms with Gasteiger partial charge in [0.15, 0.2) is 5.82 Å². The molecule has 9 heteroatoms. The van der Waals surface area contributed by atoms with E-state index < -0.39 is 18.3 Å². The Balaban J connectivity index is 2.42. The van der Waals surface area contributed by atoms with Crippen LogP contribution < -0.4 is 11.3 Å². The summed E-state index contributed by atoms with van der Waals surface area (Å²) in [7, 11) is 1.56. The molecule has 2 rings (SSSR count). The molecule has 0 unspecified atom stereocenters. The van der Waals surface area contributed by atoms with Crippen LogP contribution >= 0.6 is 0 Å². The maximum absolute atomic E-state index is 12.4. The van der Waals surface area contributed by atoms with E-state index in [9.17, 15) is 18.0 Å². The minimum atomic E-state index is -4.47. The standard InChI is InChI=1S/C12H15F3N4O2/c1-21-6-2-4-19-8-3-5-18(7-12(13,14)15)11(20)9(8)10(16)17-19/h3,5H,2,4,6-7H2,1H3,(H2,16,17). The second-order valence-corrected chi connectivity index (χ2v) is 4.58. The van der Waals surface area contributed by atoms with Gasteiger partial charge in [0.2, 0.25) is 0 Å². The first-order valence-electron chi connectivity index (χ1n) is 6.24. The Bertz CT molecular complexity index is 690. The highest BCUT2D eigenvalue weighted by atomic mass is 19.4. The average Bonchev–Trinajstić information content (AvgIpc) is 2.69. The van der Waals surface area contributed by atoms with Crippen LogP contribution in [0.3, 0.4) is 0 Å². The molecule has 0 aliphatic heterocycles. The zero-order valence-electron chi connectivity index (χ0n) is 11.4. The third kappa shape index (κ3) is 3.35. The van der Waals surface area contributed by atoms with Crippen LogP contribution in [0, 0.1) is 0 Å². The molecule has 0 atom stereocenters. The Labute approximate surface area is 117 Å². The topological polar surface area (TPSA) is 75.1 Å². The molecule has 0 saturated heterocycles. The van der Waals surface area contributed by atoms with Gasteiger partial charge in [0.1, 0.15) is 11.9 Å². The highest BCUT2D eigenvalue weighted by Gasteiger charge is 2.29. The smallest absolute Gasteiger partial charge is 0.385 e. The van der Waals surface area contributed by atoms with Gasteiger partial charge in [0.25, 0.3) is 5.56 Å². The summed E-state index contributed by atoms with van der Waals surface area (Å²) < 4.78 is 44.2. The molecule has 0 saturated carbocycles. The first-order valence-corrected chi connectivity index (χ1v) is 6.24. The predicted octanol–water partition coefficient (Wildman–Crippen LogP) is 1.38. The van der Waals surface area contributed by atoms with Gasteiger partial charge >= 0.3 is 6.18 Å². The predicted molar refractivity (Wildman–Crippen MR) is 71.0 cm³/mol. The van der Waals surface area contributed by atoms with Crippen molar-refractivity contribution in [3.8, 4) is 0 Å². The van der Waals surface area contributed by atoms with Crippen molar-refractivity contribution in [1.82, 2.24) is 14.3 Å². The Kier molecular flexibility index (Phi) is 4.21. The number of alkyl halides is 3. The number of pyridine rings is 1. The molecular weight excluding hydrogens is 289 g/mol. The monoisotopic (exact) mass is 304 g/mol. The number of nitrogens with two attached hydrogens (primary N) is 1. The Morgan fingerprint density at radius 2 is 2.14 bits per heavy atom. The number of nitrogen functional groups attached to an aromatic ring is 1. The van der Waals surface area contributed by atoms with Crippen LogP contribution in [0.4, 0.5) is 19.0 Å². The average molecular weight is 304 g/mol. The van der Waals surface area contributed by atoms with Crippen molar-refractivity contribution in [2.75, 3.05) is 19.5 Å². The molecule has 0 aliphatic rings. The van der Waals surface area contributed by atoms with E-state index in [1.807, 2.05) is 0 Å². The molecule has 2 aromatic rings. The van der Waals surface area contributed by atoms with Gasteiger partial charge in [0, 0.05) is 26.5 Å². The van der Waals surface area contributed by atoms with E-state index in [-0.39, 0.29) is 11.2 Å². The van der Waals surface area contributed by atoms with Gasteiger partial charge in [-0.15, -0.1) is 0 Å². The second kappa shape index (κ2) is 5.76. The summed E-state index contributed by atoms with van der Waals surface area (Å²) >= 11 is 0. The zero-order valence-corrected chi connectivity index (χ0v) is 11.4. The normalized spacial score (nSPS) is 12.2. The van der Waals surface area contributed by atoms with Crippen LogP contribution in [0.2, 0.25) is 0 Å². The fourth-order valence-electron chi connectivity index (χ4n) is 2.10. The van der Waals surface area contributed by atoms with Gasteiger partial charge in [-0.25, -0.2) is 0 Å². The molecule has 0 spiro atoms. The number of fused-ring (bicyclic) bond motifs is 1. The van der Waals surface area contributed by atoms with Crippen molar-refractivity contribution in [2.24, 2.45) is 0 Å².